The molecular formula is C12H25O5P. The van der Waals surface area contributed by atoms with Crippen molar-refractivity contribution in [1.29, 1.82) is 0 Å². The van der Waals surface area contributed by atoms with E-state index in [4.69, 9.17) is 14.5 Å². The standard InChI is InChI=1S/C12H25O5P/c1-17-11-9-7-5-3-2-4-6-8-10-12(13)18(14,15)16/h2-11H2,1H3,(H2,14,15,16). The first kappa shape index (κ1) is 17.8. The van der Waals surface area contributed by atoms with Gasteiger partial charge >= 0.3 is 7.60 Å². The maximum absolute atomic E-state index is 10.9. The fourth-order valence-electron chi connectivity index (χ4n) is 1.73. The highest BCUT2D eigenvalue weighted by Crippen LogP contribution is 2.37. The minimum atomic E-state index is -4.48. The normalized spacial score (nSPS) is 11.7. The highest BCUT2D eigenvalue weighted by atomic mass is 31.2. The van der Waals surface area contributed by atoms with Crippen LogP contribution in [0.2, 0.25) is 0 Å². The number of methoxy groups -OCH3 is 1. The summed E-state index contributed by atoms with van der Waals surface area (Å²) in [6, 6.07) is 0. The van der Waals surface area contributed by atoms with Crippen LogP contribution in [0.1, 0.15) is 57.8 Å². The van der Waals surface area contributed by atoms with Gasteiger partial charge in [-0.15, -0.1) is 0 Å². The molecule has 2 N–H and O–H groups in total. The van der Waals surface area contributed by atoms with Crippen molar-refractivity contribution in [2.45, 2.75) is 57.8 Å². The zero-order chi connectivity index (χ0) is 13.9. The number of unbranched alkanes of at least 4 members (excludes halogenated alkanes) is 7. The van der Waals surface area contributed by atoms with Gasteiger partial charge in [0.15, 0.2) is 0 Å². The topological polar surface area (TPSA) is 83.8 Å². The molecule has 0 spiro atoms. The van der Waals surface area contributed by atoms with E-state index >= 15 is 0 Å². The molecule has 0 bridgehead atoms. The second-order valence-corrected chi connectivity index (χ2v) is 6.10. The Labute approximate surface area is 109 Å². The van der Waals surface area contributed by atoms with E-state index in [1.807, 2.05) is 0 Å². The zero-order valence-electron chi connectivity index (χ0n) is 11.1. The highest BCUT2D eigenvalue weighted by molar-refractivity contribution is 7.70. The van der Waals surface area contributed by atoms with Crippen LogP contribution in [0, 0.1) is 0 Å². The molecule has 0 unspecified atom stereocenters. The van der Waals surface area contributed by atoms with Crippen molar-refractivity contribution < 1.29 is 23.9 Å². The molecule has 0 aliphatic rings. The van der Waals surface area contributed by atoms with Crippen LogP contribution in [0.5, 0.6) is 0 Å². The summed E-state index contributed by atoms with van der Waals surface area (Å²) in [4.78, 5) is 28.1. The number of carbonyl (C=O) groups excluding carboxylic acids is 1. The minimum absolute atomic E-state index is 0.00187. The summed E-state index contributed by atoms with van der Waals surface area (Å²) in [5.74, 6) is 0. The van der Waals surface area contributed by atoms with Crippen LogP contribution in [0.15, 0.2) is 0 Å². The monoisotopic (exact) mass is 280 g/mol. The van der Waals surface area contributed by atoms with Crippen LogP contribution < -0.4 is 0 Å². The summed E-state index contributed by atoms with van der Waals surface area (Å²) >= 11 is 0. The van der Waals surface area contributed by atoms with Crippen molar-refractivity contribution in [2.24, 2.45) is 0 Å². The first-order chi connectivity index (χ1) is 8.48. The third kappa shape index (κ3) is 10.9. The van der Waals surface area contributed by atoms with Crippen molar-refractivity contribution in [1.82, 2.24) is 0 Å². The van der Waals surface area contributed by atoms with E-state index in [1.165, 1.54) is 19.3 Å². The van der Waals surface area contributed by atoms with E-state index in [0.29, 0.717) is 6.42 Å². The lowest BCUT2D eigenvalue weighted by atomic mass is 10.1. The predicted octanol–water partition coefficient (Wildman–Crippen LogP) is 2.85. The summed E-state index contributed by atoms with van der Waals surface area (Å²) in [6.45, 7) is 0.824. The molecule has 0 aromatic carbocycles. The second-order valence-electron chi connectivity index (χ2n) is 4.51. The predicted molar refractivity (Wildman–Crippen MR) is 70.5 cm³/mol. The SMILES string of the molecule is COCCCCCCCCCCC(=O)P(=O)(O)O. The molecule has 0 saturated heterocycles. The summed E-state index contributed by atoms with van der Waals surface area (Å²) in [5.41, 5.74) is -0.929. The Bertz CT molecular complexity index is 261. The quantitative estimate of drug-likeness (QED) is 0.424. The number of rotatable bonds is 12. The maximum atomic E-state index is 10.9. The molecule has 6 heteroatoms. The van der Waals surface area contributed by atoms with Crippen LogP contribution in [0.4, 0.5) is 0 Å². The van der Waals surface area contributed by atoms with E-state index in [9.17, 15) is 9.36 Å². The summed E-state index contributed by atoms with van der Waals surface area (Å²) in [6.07, 6.45) is 8.25. The van der Waals surface area contributed by atoms with Crippen LogP contribution in [0.25, 0.3) is 0 Å². The molecule has 108 valence electrons. The van der Waals surface area contributed by atoms with Gasteiger partial charge in [-0.25, -0.2) is 0 Å². The Morgan fingerprint density at radius 2 is 1.39 bits per heavy atom. The summed E-state index contributed by atoms with van der Waals surface area (Å²) in [7, 11) is -2.78. The van der Waals surface area contributed by atoms with E-state index in [1.54, 1.807) is 7.11 Å². The smallest absolute Gasteiger partial charge is 0.385 e. The fourth-order valence-corrected chi connectivity index (χ4v) is 2.18. The van der Waals surface area contributed by atoms with Gasteiger partial charge in [0, 0.05) is 20.1 Å². The number of hydrogen-bond acceptors (Lipinski definition) is 3. The lowest BCUT2D eigenvalue weighted by molar-refractivity contribution is -0.113. The molecule has 0 radical (unpaired) electrons. The number of carbonyl (C=O) groups is 1. The van der Waals surface area contributed by atoms with Crippen molar-refractivity contribution in [3.8, 4) is 0 Å². The highest BCUT2D eigenvalue weighted by Gasteiger charge is 2.24. The molecule has 0 aromatic heterocycles. The maximum Gasteiger partial charge on any atom is 0.391 e. The van der Waals surface area contributed by atoms with Gasteiger partial charge in [-0.2, -0.15) is 0 Å². The average Bonchev–Trinajstić information content (AvgIpc) is 2.30. The van der Waals surface area contributed by atoms with E-state index in [2.05, 4.69) is 0 Å². The second kappa shape index (κ2) is 10.7. The van der Waals surface area contributed by atoms with Crippen molar-refractivity contribution in [3.63, 3.8) is 0 Å². The molecule has 0 aromatic rings. The lowest BCUT2D eigenvalue weighted by Crippen LogP contribution is -1.98. The third-order valence-corrected chi connectivity index (χ3v) is 3.69. The molecule has 0 heterocycles. The van der Waals surface area contributed by atoms with Gasteiger partial charge in [0.1, 0.15) is 0 Å². The summed E-state index contributed by atoms with van der Waals surface area (Å²) < 4.78 is 15.5. The number of hydrogen-bond donors (Lipinski definition) is 2. The van der Waals surface area contributed by atoms with Crippen LogP contribution in [-0.4, -0.2) is 29.0 Å². The Hall–Kier alpha value is -0.220. The van der Waals surface area contributed by atoms with Gasteiger partial charge in [-0.3, -0.25) is 9.36 Å². The van der Waals surface area contributed by atoms with E-state index in [-0.39, 0.29) is 6.42 Å². The van der Waals surface area contributed by atoms with Crippen LogP contribution in [0.3, 0.4) is 0 Å². The first-order valence-corrected chi connectivity index (χ1v) is 8.17. The molecule has 0 fully saturated rings. The van der Waals surface area contributed by atoms with Gasteiger partial charge in [0.2, 0.25) is 5.52 Å². The Morgan fingerprint density at radius 3 is 1.83 bits per heavy atom. The van der Waals surface area contributed by atoms with Crippen molar-refractivity contribution in [3.05, 3.63) is 0 Å². The fraction of sp³-hybridized carbons (Fsp3) is 0.917. The molecule has 0 aliphatic carbocycles. The van der Waals surface area contributed by atoms with Gasteiger partial charge in [0.05, 0.1) is 0 Å². The molecule has 0 atom stereocenters. The molecule has 5 nitrogen and oxygen atoms in total. The van der Waals surface area contributed by atoms with Gasteiger partial charge in [0.25, 0.3) is 0 Å². The van der Waals surface area contributed by atoms with Crippen molar-refractivity contribution >= 4 is 13.1 Å². The van der Waals surface area contributed by atoms with E-state index in [0.717, 1.165) is 32.3 Å². The Balaban J connectivity index is 3.22. The van der Waals surface area contributed by atoms with Crippen molar-refractivity contribution in [2.75, 3.05) is 13.7 Å². The molecule has 0 saturated carbocycles. The van der Waals surface area contributed by atoms with Crippen LogP contribution >= 0.6 is 7.60 Å². The zero-order valence-corrected chi connectivity index (χ0v) is 12.0. The minimum Gasteiger partial charge on any atom is -0.385 e. The van der Waals surface area contributed by atoms with Crippen LogP contribution in [-0.2, 0) is 14.1 Å². The number of ether oxygens (including phenoxy) is 1. The van der Waals surface area contributed by atoms with Gasteiger partial charge in [-0.05, 0) is 12.8 Å². The first-order valence-electron chi connectivity index (χ1n) is 6.56. The van der Waals surface area contributed by atoms with E-state index < -0.39 is 13.1 Å². The lowest BCUT2D eigenvalue weighted by Gasteiger charge is -2.03. The Morgan fingerprint density at radius 1 is 0.944 bits per heavy atom. The molecule has 0 amide bonds. The molecule has 0 aliphatic heterocycles. The average molecular weight is 280 g/mol. The Kier molecular flexibility index (Phi) is 10.5. The third-order valence-electron chi connectivity index (χ3n) is 2.81. The molecule has 0 rings (SSSR count). The largest absolute Gasteiger partial charge is 0.391 e. The molecular weight excluding hydrogens is 255 g/mol. The van der Waals surface area contributed by atoms with Gasteiger partial charge in [-0.1, -0.05) is 38.5 Å². The molecule has 18 heavy (non-hydrogen) atoms. The summed E-state index contributed by atoms with van der Waals surface area (Å²) in [5, 5.41) is 0. The van der Waals surface area contributed by atoms with Gasteiger partial charge < -0.3 is 14.5 Å².